The number of fused-ring (bicyclic) bond motifs is 1. The summed E-state index contributed by atoms with van der Waals surface area (Å²) in [5, 5.41) is 7.31. The first-order valence-corrected chi connectivity index (χ1v) is 9.50. The fourth-order valence-corrected chi connectivity index (χ4v) is 4.74. The minimum absolute atomic E-state index is 0.526. The van der Waals surface area contributed by atoms with Crippen molar-refractivity contribution in [2.24, 2.45) is 11.8 Å². The molecule has 0 radical (unpaired) electrons. The highest BCUT2D eigenvalue weighted by Gasteiger charge is 2.36. The second-order valence-electron chi connectivity index (χ2n) is 7.74. The van der Waals surface area contributed by atoms with E-state index < -0.39 is 0 Å². The smallest absolute Gasteiger partial charge is 0.128 e. The number of rotatable bonds is 4. The lowest BCUT2D eigenvalue weighted by atomic mass is 9.84. The molecule has 3 aliphatic rings. The highest BCUT2D eigenvalue weighted by molar-refractivity contribution is 5.55. The summed E-state index contributed by atoms with van der Waals surface area (Å²) in [5.74, 6) is 2.69. The molecule has 3 unspecified atom stereocenters. The summed E-state index contributed by atoms with van der Waals surface area (Å²) in [6.45, 7) is 5.87. The molecule has 0 bridgehead atoms. The van der Waals surface area contributed by atoms with Gasteiger partial charge < -0.3 is 15.5 Å². The summed E-state index contributed by atoms with van der Waals surface area (Å²) in [6.07, 6.45) is 10.2. The van der Waals surface area contributed by atoms with Crippen molar-refractivity contribution in [2.75, 3.05) is 29.9 Å². The Labute approximate surface area is 140 Å². The lowest BCUT2D eigenvalue weighted by molar-refractivity contribution is 0.328. The number of nitrogens with one attached hydrogen (secondary N) is 2. The molecule has 0 aromatic carbocycles. The van der Waals surface area contributed by atoms with Crippen molar-refractivity contribution in [2.45, 2.75) is 57.5 Å². The van der Waals surface area contributed by atoms with Gasteiger partial charge in [-0.05, 0) is 50.6 Å². The van der Waals surface area contributed by atoms with Crippen LogP contribution in [0.15, 0.2) is 18.3 Å². The van der Waals surface area contributed by atoms with Crippen LogP contribution in [0.5, 0.6) is 0 Å². The van der Waals surface area contributed by atoms with Crippen LogP contribution in [-0.4, -0.2) is 36.7 Å². The van der Waals surface area contributed by atoms with Gasteiger partial charge in [-0.2, -0.15) is 0 Å². The maximum Gasteiger partial charge on any atom is 0.128 e. The molecule has 126 valence electrons. The molecule has 1 aromatic rings. The number of nitrogens with zero attached hydrogens (tertiary/aromatic N) is 2. The van der Waals surface area contributed by atoms with Gasteiger partial charge in [0.15, 0.2) is 0 Å². The van der Waals surface area contributed by atoms with E-state index in [1.165, 1.54) is 57.3 Å². The number of anilines is 2. The maximum atomic E-state index is 4.56. The second kappa shape index (κ2) is 6.68. The maximum absolute atomic E-state index is 4.56. The molecule has 2 saturated heterocycles. The van der Waals surface area contributed by atoms with Crippen molar-refractivity contribution in [3.63, 3.8) is 0 Å². The molecule has 4 nitrogen and oxygen atoms in total. The molecule has 4 heteroatoms. The first-order chi connectivity index (χ1) is 11.3. The van der Waals surface area contributed by atoms with Crippen molar-refractivity contribution in [1.82, 2.24) is 10.3 Å². The van der Waals surface area contributed by atoms with E-state index in [2.05, 4.69) is 39.6 Å². The van der Waals surface area contributed by atoms with E-state index in [4.69, 9.17) is 0 Å². The molecule has 1 aromatic heterocycles. The number of hydrogen-bond acceptors (Lipinski definition) is 4. The van der Waals surface area contributed by atoms with Gasteiger partial charge in [0, 0.05) is 43.1 Å². The fraction of sp³-hybridized carbons (Fsp3) is 0.737. The normalized spacial score (nSPS) is 29.5. The van der Waals surface area contributed by atoms with Crippen LogP contribution in [0.3, 0.4) is 0 Å². The van der Waals surface area contributed by atoms with Crippen LogP contribution in [0, 0.1) is 11.8 Å². The highest BCUT2D eigenvalue weighted by Crippen LogP contribution is 2.31. The quantitative estimate of drug-likeness (QED) is 0.895. The Morgan fingerprint density at radius 1 is 1.22 bits per heavy atom. The number of aromatic nitrogens is 1. The predicted molar refractivity (Wildman–Crippen MR) is 96.0 cm³/mol. The second-order valence-corrected chi connectivity index (χ2v) is 7.74. The number of hydrogen-bond donors (Lipinski definition) is 2. The lowest BCUT2D eigenvalue weighted by Gasteiger charge is -2.29. The van der Waals surface area contributed by atoms with Crippen LogP contribution in [0.1, 0.15) is 45.4 Å². The first-order valence-electron chi connectivity index (χ1n) is 9.50. The van der Waals surface area contributed by atoms with Gasteiger partial charge in [-0.3, -0.25) is 0 Å². The molecule has 2 aliphatic heterocycles. The van der Waals surface area contributed by atoms with Crippen LogP contribution in [-0.2, 0) is 0 Å². The minimum atomic E-state index is 0.526. The van der Waals surface area contributed by atoms with E-state index >= 15 is 0 Å². The summed E-state index contributed by atoms with van der Waals surface area (Å²) in [6, 6.07) is 5.64. The molecule has 0 amide bonds. The van der Waals surface area contributed by atoms with Crippen LogP contribution in [0.2, 0.25) is 0 Å². The van der Waals surface area contributed by atoms with E-state index in [9.17, 15) is 0 Å². The summed E-state index contributed by atoms with van der Waals surface area (Å²) in [5.41, 5.74) is 1.33. The lowest BCUT2D eigenvalue weighted by Crippen LogP contribution is -2.30. The Balaban J connectivity index is 1.40. The molecular weight excluding hydrogens is 284 g/mol. The van der Waals surface area contributed by atoms with Gasteiger partial charge >= 0.3 is 0 Å². The molecule has 1 saturated carbocycles. The molecule has 0 spiro atoms. The monoisotopic (exact) mass is 314 g/mol. The van der Waals surface area contributed by atoms with Gasteiger partial charge in [0.05, 0.1) is 0 Å². The van der Waals surface area contributed by atoms with Gasteiger partial charge in [-0.25, -0.2) is 4.98 Å². The topological polar surface area (TPSA) is 40.2 Å². The zero-order valence-electron chi connectivity index (χ0n) is 14.3. The van der Waals surface area contributed by atoms with Crippen molar-refractivity contribution >= 4 is 11.5 Å². The Morgan fingerprint density at radius 3 is 2.91 bits per heavy atom. The fourth-order valence-electron chi connectivity index (χ4n) is 4.74. The van der Waals surface area contributed by atoms with Crippen LogP contribution in [0.4, 0.5) is 11.5 Å². The molecule has 3 atom stereocenters. The van der Waals surface area contributed by atoms with E-state index in [-0.39, 0.29) is 0 Å². The largest absolute Gasteiger partial charge is 0.369 e. The van der Waals surface area contributed by atoms with Crippen molar-refractivity contribution in [1.29, 1.82) is 0 Å². The van der Waals surface area contributed by atoms with Gasteiger partial charge in [-0.1, -0.05) is 19.3 Å². The third-order valence-corrected chi connectivity index (χ3v) is 6.20. The average molecular weight is 314 g/mol. The predicted octanol–water partition coefficient (Wildman–Crippen LogP) is 3.26. The Morgan fingerprint density at radius 2 is 2.09 bits per heavy atom. The summed E-state index contributed by atoms with van der Waals surface area (Å²) < 4.78 is 0. The SMILES string of the molecule is CC(Nc1cc(N2CC3CCNC3C2)ccn1)C1CCCCC1. The van der Waals surface area contributed by atoms with Gasteiger partial charge in [0.1, 0.15) is 5.82 Å². The van der Waals surface area contributed by atoms with E-state index in [0.717, 1.165) is 24.2 Å². The standard InChI is InChI=1S/C19H30N4/c1-14(15-5-3-2-4-6-15)22-19-11-17(8-10-21-19)23-12-16-7-9-20-18(16)13-23/h8,10-11,14-16,18,20H,2-7,9,12-13H2,1H3,(H,21,22). The Hall–Kier alpha value is -1.29. The van der Waals surface area contributed by atoms with E-state index in [1.54, 1.807) is 0 Å². The van der Waals surface area contributed by atoms with E-state index in [1.807, 2.05) is 6.20 Å². The van der Waals surface area contributed by atoms with Crippen molar-refractivity contribution in [3.05, 3.63) is 18.3 Å². The Bertz CT molecular complexity index is 514. The minimum Gasteiger partial charge on any atom is -0.369 e. The van der Waals surface area contributed by atoms with Crippen molar-refractivity contribution in [3.8, 4) is 0 Å². The van der Waals surface area contributed by atoms with Gasteiger partial charge in [0.2, 0.25) is 0 Å². The third-order valence-electron chi connectivity index (χ3n) is 6.20. The molecule has 23 heavy (non-hydrogen) atoms. The van der Waals surface area contributed by atoms with E-state index in [0.29, 0.717) is 12.1 Å². The number of pyridine rings is 1. The van der Waals surface area contributed by atoms with Crippen LogP contribution < -0.4 is 15.5 Å². The van der Waals surface area contributed by atoms with Crippen LogP contribution in [0.25, 0.3) is 0 Å². The Kier molecular flexibility index (Phi) is 4.43. The molecule has 3 heterocycles. The van der Waals surface area contributed by atoms with Crippen LogP contribution >= 0.6 is 0 Å². The summed E-state index contributed by atoms with van der Waals surface area (Å²) >= 11 is 0. The molecular formula is C19H30N4. The summed E-state index contributed by atoms with van der Waals surface area (Å²) in [7, 11) is 0. The molecule has 4 rings (SSSR count). The highest BCUT2D eigenvalue weighted by atomic mass is 15.2. The van der Waals surface area contributed by atoms with Gasteiger partial charge in [0.25, 0.3) is 0 Å². The molecule has 1 aliphatic carbocycles. The third kappa shape index (κ3) is 3.32. The van der Waals surface area contributed by atoms with Gasteiger partial charge in [-0.15, -0.1) is 0 Å². The average Bonchev–Trinajstić information content (AvgIpc) is 3.17. The zero-order chi connectivity index (χ0) is 15.6. The molecule has 2 N–H and O–H groups in total. The summed E-state index contributed by atoms with van der Waals surface area (Å²) in [4.78, 5) is 7.09. The van der Waals surface area contributed by atoms with Crippen molar-refractivity contribution < 1.29 is 0 Å². The molecule has 3 fully saturated rings. The first kappa shape index (κ1) is 15.3. The zero-order valence-corrected chi connectivity index (χ0v) is 14.3.